The lowest BCUT2D eigenvalue weighted by atomic mass is 9.90. The SMILES string of the molecule is N#Cc1cc(C(=O)N2CCC(C(O)C(F)(F)F)CC2)c[nH]1. The molecule has 2 heterocycles. The number of nitrogens with zero attached hydrogens (tertiary/aromatic N) is 2. The molecule has 1 atom stereocenters. The number of likely N-dealkylation sites (tertiary alicyclic amines) is 1. The van der Waals surface area contributed by atoms with Crippen LogP contribution in [0.2, 0.25) is 0 Å². The van der Waals surface area contributed by atoms with Crippen molar-refractivity contribution in [3.8, 4) is 6.07 Å². The second-order valence-corrected chi connectivity index (χ2v) is 5.03. The van der Waals surface area contributed by atoms with Crippen LogP contribution in [0.1, 0.15) is 28.9 Å². The third-order valence-electron chi connectivity index (χ3n) is 3.66. The van der Waals surface area contributed by atoms with E-state index in [-0.39, 0.29) is 37.5 Å². The van der Waals surface area contributed by atoms with Crippen molar-refractivity contribution >= 4 is 5.91 Å². The van der Waals surface area contributed by atoms with Gasteiger partial charge in [0.15, 0.2) is 6.10 Å². The van der Waals surface area contributed by atoms with E-state index in [2.05, 4.69) is 4.98 Å². The number of nitrogens with one attached hydrogen (secondary N) is 1. The minimum Gasteiger partial charge on any atom is -0.383 e. The van der Waals surface area contributed by atoms with E-state index in [0.29, 0.717) is 5.56 Å². The fourth-order valence-electron chi connectivity index (χ4n) is 2.45. The standard InChI is InChI=1S/C13H14F3N3O2/c14-13(15,16)11(20)8-1-3-19(4-2-8)12(21)9-5-10(6-17)18-7-9/h5,7-8,11,18,20H,1-4H2. The second-order valence-electron chi connectivity index (χ2n) is 5.03. The fraction of sp³-hybridized carbons (Fsp3) is 0.538. The number of aromatic amines is 1. The van der Waals surface area contributed by atoms with Gasteiger partial charge in [-0.25, -0.2) is 0 Å². The Balaban J connectivity index is 1.95. The van der Waals surface area contributed by atoms with Crippen LogP contribution in [0.15, 0.2) is 12.3 Å². The molecule has 21 heavy (non-hydrogen) atoms. The number of hydrogen-bond donors (Lipinski definition) is 2. The number of rotatable bonds is 2. The number of piperidine rings is 1. The Kier molecular flexibility index (Phi) is 4.23. The second kappa shape index (κ2) is 5.77. The number of H-pyrrole nitrogens is 1. The van der Waals surface area contributed by atoms with Crippen molar-refractivity contribution in [2.45, 2.75) is 25.1 Å². The van der Waals surface area contributed by atoms with Crippen LogP contribution in [0.5, 0.6) is 0 Å². The summed E-state index contributed by atoms with van der Waals surface area (Å²) in [5.41, 5.74) is 0.557. The average Bonchev–Trinajstić information content (AvgIpc) is 2.94. The lowest BCUT2D eigenvalue weighted by molar-refractivity contribution is -0.222. The normalized spacial score (nSPS) is 18.3. The summed E-state index contributed by atoms with van der Waals surface area (Å²) in [6, 6.07) is 3.26. The van der Waals surface area contributed by atoms with Gasteiger partial charge in [-0.05, 0) is 24.8 Å². The zero-order valence-electron chi connectivity index (χ0n) is 11.0. The maximum Gasteiger partial charge on any atom is 0.414 e. The molecule has 1 amide bonds. The molecular formula is C13H14F3N3O2. The summed E-state index contributed by atoms with van der Waals surface area (Å²) >= 11 is 0. The zero-order chi connectivity index (χ0) is 15.6. The molecule has 8 heteroatoms. The molecule has 1 saturated heterocycles. The molecule has 1 unspecified atom stereocenters. The zero-order valence-corrected chi connectivity index (χ0v) is 11.0. The molecule has 1 aromatic rings. The molecule has 0 radical (unpaired) electrons. The van der Waals surface area contributed by atoms with Gasteiger partial charge in [-0.3, -0.25) is 4.79 Å². The van der Waals surface area contributed by atoms with E-state index < -0.39 is 18.2 Å². The molecule has 1 aliphatic rings. The molecule has 2 N–H and O–H groups in total. The van der Waals surface area contributed by atoms with E-state index in [1.54, 1.807) is 0 Å². The summed E-state index contributed by atoms with van der Waals surface area (Å²) in [6.45, 7) is 0.313. The third-order valence-corrected chi connectivity index (χ3v) is 3.66. The highest BCUT2D eigenvalue weighted by atomic mass is 19.4. The fourth-order valence-corrected chi connectivity index (χ4v) is 2.45. The molecule has 1 aliphatic heterocycles. The highest BCUT2D eigenvalue weighted by Crippen LogP contribution is 2.31. The number of carbonyl (C=O) groups excluding carboxylic acids is 1. The van der Waals surface area contributed by atoms with Crippen molar-refractivity contribution in [1.29, 1.82) is 5.26 Å². The van der Waals surface area contributed by atoms with Gasteiger partial charge in [-0.2, -0.15) is 18.4 Å². The molecule has 0 spiro atoms. The highest BCUT2D eigenvalue weighted by molar-refractivity contribution is 5.94. The van der Waals surface area contributed by atoms with E-state index in [1.807, 2.05) is 6.07 Å². The van der Waals surface area contributed by atoms with Gasteiger partial charge < -0.3 is 15.0 Å². The predicted molar refractivity (Wildman–Crippen MR) is 66.2 cm³/mol. The van der Waals surface area contributed by atoms with Gasteiger partial charge in [0, 0.05) is 19.3 Å². The first-order valence-corrected chi connectivity index (χ1v) is 6.45. The lowest BCUT2D eigenvalue weighted by Crippen LogP contribution is -2.45. The summed E-state index contributed by atoms with van der Waals surface area (Å²) in [6.07, 6.45) is -5.37. The highest BCUT2D eigenvalue weighted by Gasteiger charge is 2.44. The quantitative estimate of drug-likeness (QED) is 0.872. The molecular weight excluding hydrogens is 287 g/mol. The molecule has 0 aromatic carbocycles. The first kappa shape index (κ1) is 15.4. The number of aromatic nitrogens is 1. The van der Waals surface area contributed by atoms with Crippen LogP contribution in [0.3, 0.4) is 0 Å². The minimum absolute atomic E-state index is 0.0992. The summed E-state index contributed by atoms with van der Waals surface area (Å²) in [4.78, 5) is 16.2. The summed E-state index contributed by atoms with van der Waals surface area (Å²) in [7, 11) is 0. The van der Waals surface area contributed by atoms with Gasteiger partial charge in [-0.15, -0.1) is 0 Å². The van der Waals surface area contributed by atoms with Crippen molar-refractivity contribution in [3.63, 3.8) is 0 Å². The Labute approximate surface area is 119 Å². The van der Waals surface area contributed by atoms with Crippen LogP contribution in [0.25, 0.3) is 0 Å². The van der Waals surface area contributed by atoms with Gasteiger partial charge in [0.2, 0.25) is 0 Å². The topological polar surface area (TPSA) is 80.1 Å². The first-order chi connectivity index (χ1) is 9.82. The molecule has 2 rings (SSSR count). The number of aliphatic hydroxyl groups excluding tert-OH is 1. The van der Waals surface area contributed by atoms with Gasteiger partial charge in [0.1, 0.15) is 11.8 Å². The number of amides is 1. The van der Waals surface area contributed by atoms with Crippen LogP contribution < -0.4 is 0 Å². The minimum atomic E-state index is -4.63. The molecule has 0 bridgehead atoms. The number of aliphatic hydroxyl groups is 1. The van der Waals surface area contributed by atoms with Crippen LogP contribution in [0, 0.1) is 17.2 Å². The van der Waals surface area contributed by atoms with Crippen LogP contribution in [0.4, 0.5) is 13.2 Å². The smallest absolute Gasteiger partial charge is 0.383 e. The Morgan fingerprint density at radius 3 is 2.57 bits per heavy atom. The van der Waals surface area contributed by atoms with E-state index in [1.165, 1.54) is 17.2 Å². The Morgan fingerprint density at radius 2 is 2.10 bits per heavy atom. The van der Waals surface area contributed by atoms with Crippen molar-refractivity contribution in [2.24, 2.45) is 5.92 Å². The monoisotopic (exact) mass is 301 g/mol. The molecule has 114 valence electrons. The average molecular weight is 301 g/mol. The summed E-state index contributed by atoms with van der Waals surface area (Å²) < 4.78 is 37.3. The van der Waals surface area contributed by atoms with E-state index in [4.69, 9.17) is 5.26 Å². The molecule has 5 nitrogen and oxygen atoms in total. The number of alkyl halides is 3. The Bertz CT molecular complexity index is 554. The van der Waals surface area contributed by atoms with E-state index >= 15 is 0 Å². The molecule has 1 aromatic heterocycles. The maximum absolute atomic E-state index is 12.4. The first-order valence-electron chi connectivity index (χ1n) is 6.45. The lowest BCUT2D eigenvalue weighted by Gasteiger charge is -2.34. The van der Waals surface area contributed by atoms with Gasteiger partial charge >= 0.3 is 6.18 Å². The van der Waals surface area contributed by atoms with Crippen molar-refractivity contribution in [1.82, 2.24) is 9.88 Å². The molecule has 1 fully saturated rings. The van der Waals surface area contributed by atoms with Crippen LogP contribution >= 0.6 is 0 Å². The number of nitriles is 1. The van der Waals surface area contributed by atoms with Crippen LogP contribution in [-0.2, 0) is 0 Å². The number of halogens is 3. The van der Waals surface area contributed by atoms with Gasteiger partial charge in [0.25, 0.3) is 5.91 Å². The van der Waals surface area contributed by atoms with Crippen LogP contribution in [-0.4, -0.2) is 46.3 Å². The van der Waals surface area contributed by atoms with Gasteiger partial charge in [-0.1, -0.05) is 0 Å². The van der Waals surface area contributed by atoms with E-state index in [9.17, 15) is 23.1 Å². The predicted octanol–water partition coefficient (Wildman–Crippen LogP) is 1.66. The summed E-state index contributed by atoms with van der Waals surface area (Å²) in [5.74, 6) is -1.21. The Morgan fingerprint density at radius 1 is 1.48 bits per heavy atom. The van der Waals surface area contributed by atoms with E-state index in [0.717, 1.165) is 0 Å². The molecule has 0 saturated carbocycles. The molecule has 0 aliphatic carbocycles. The van der Waals surface area contributed by atoms with Crippen molar-refractivity contribution in [3.05, 3.63) is 23.5 Å². The maximum atomic E-state index is 12.4. The number of carbonyl (C=O) groups is 1. The number of hydrogen-bond acceptors (Lipinski definition) is 3. The Hall–Kier alpha value is -2.01. The summed E-state index contributed by atoms with van der Waals surface area (Å²) in [5, 5.41) is 17.9. The van der Waals surface area contributed by atoms with Gasteiger partial charge in [0.05, 0.1) is 5.56 Å². The van der Waals surface area contributed by atoms with Crippen molar-refractivity contribution < 1.29 is 23.1 Å². The van der Waals surface area contributed by atoms with Crippen molar-refractivity contribution in [2.75, 3.05) is 13.1 Å². The largest absolute Gasteiger partial charge is 0.414 e. The third kappa shape index (κ3) is 3.36.